The molecular weight excluding hydrogens is 374 g/mol. The minimum Gasteiger partial charge on any atom is -0.464 e. The number of amides is 1. The van der Waals surface area contributed by atoms with Gasteiger partial charge >= 0.3 is 0 Å². The molecular formula is C22H20ClN3O2. The van der Waals surface area contributed by atoms with Crippen LogP contribution in [0.4, 0.5) is 5.82 Å². The molecule has 2 heterocycles. The van der Waals surface area contributed by atoms with Gasteiger partial charge in [-0.25, -0.2) is 4.68 Å². The van der Waals surface area contributed by atoms with Gasteiger partial charge in [0.2, 0.25) is 5.91 Å². The minimum absolute atomic E-state index is 0.122. The highest BCUT2D eigenvalue weighted by Crippen LogP contribution is 2.24. The molecule has 1 N–H and O–H groups in total. The molecule has 1 amide bonds. The van der Waals surface area contributed by atoms with E-state index < -0.39 is 0 Å². The average Bonchev–Trinajstić information content (AvgIpc) is 3.30. The number of nitrogens with zero attached hydrogens (tertiary/aromatic N) is 2. The minimum atomic E-state index is -0.122. The normalized spacial score (nSPS) is 11.1. The molecule has 142 valence electrons. The van der Waals surface area contributed by atoms with Gasteiger partial charge in [-0.05, 0) is 29.7 Å². The van der Waals surface area contributed by atoms with Crippen molar-refractivity contribution in [2.75, 3.05) is 5.32 Å². The Kier molecular flexibility index (Phi) is 5.17. The maximum atomic E-state index is 12.6. The van der Waals surface area contributed by atoms with Crippen molar-refractivity contribution in [3.8, 4) is 0 Å². The fourth-order valence-electron chi connectivity index (χ4n) is 3.20. The number of carbonyl (C=O) groups excluding carboxylic acids is 1. The Hall–Kier alpha value is -3.05. The molecule has 0 aliphatic rings. The number of aromatic nitrogens is 2. The molecule has 2 aromatic carbocycles. The molecule has 0 atom stereocenters. The molecule has 0 saturated carbocycles. The summed E-state index contributed by atoms with van der Waals surface area (Å²) in [6.07, 6.45) is 4.49. The van der Waals surface area contributed by atoms with Crippen LogP contribution in [-0.4, -0.2) is 15.7 Å². The smallest absolute Gasteiger partial charge is 0.230 e. The molecule has 5 nitrogen and oxygen atoms in total. The number of furan rings is 1. The van der Waals surface area contributed by atoms with E-state index in [2.05, 4.69) is 23.4 Å². The van der Waals surface area contributed by atoms with E-state index in [0.29, 0.717) is 17.4 Å². The Morgan fingerprint density at radius 3 is 2.86 bits per heavy atom. The molecule has 0 aliphatic heterocycles. The van der Waals surface area contributed by atoms with Crippen LogP contribution in [0.3, 0.4) is 0 Å². The van der Waals surface area contributed by atoms with Crippen LogP contribution >= 0.6 is 11.6 Å². The lowest BCUT2D eigenvalue weighted by atomic mass is 10.1. The molecule has 0 radical (unpaired) electrons. The highest BCUT2D eigenvalue weighted by atomic mass is 35.5. The summed E-state index contributed by atoms with van der Waals surface area (Å²) in [6.45, 7) is 2.58. The second-order valence-electron chi connectivity index (χ2n) is 6.64. The highest BCUT2D eigenvalue weighted by Gasteiger charge is 2.13. The van der Waals surface area contributed by atoms with Gasteiger partial charge in [-0.15, -0.1) is 0 Å². The quantitative estimate of drug-likeness (QED) is 0.497. The number of carbonyl (C=O) groups is 1. The fourth-order valence-corrected chi connectivity index (χ4v) is 3.39. The Morgan fingerprint density at radius 1 is 1.18 bits per heavy atom. The molecule has 28 heavy (non-hydrogen) atoms. The highest BCUT2D eigenvalue weighted by molar-refractivity contribution is 6.31. The standard InChI is InChI=1S/C22H20ClN3O2/c1-2-15-7-8-18-17(14-28-20(18)11-15)12-22(27)25-21-9-10-24-26(21)13-16-5-3-4-6-19(16)23/h3-11,14H,2,12-13H2,1H3,(H,25,27). The molecule has 4 rings (SSSR count). The van der Waals surface area contributed by atoms with Crippen molar-refractivity contribution in [2.45, 2.75) is 26.3 Å². The van der Waals surface area contributed by atoms with E-state index in [0.717, 1.165) is 28.5 Å². The second-order valence-corrected chi connectivity index (χ2v) is 7.04. The largest absolute Gasteiger partial charge is 0.464 e. The number of halogens is 1. The fraction of sp³-hybridized carbons (Fsp3) is 0.182. The van der Waals surface area contributed by atoms with Gasteiger partial charge < -0.3 is 9.73 Å². The van der Waals surface area contributed by atoms with Gasteiger partial charge in [0.05, 0.1) is 25.4 Å². The van der Waals surface area contributed by atoms with Gasteiger partial charge in [-0.2, -0.15) is 5.10 Å². The summed E-state index contributed by atoms with van der Waals surface area (Å²) < 4.78 is 7.35. The Morgan fingerprint density at radius 2 is 2.04 bits per heavy atom. The van der Waals surface area contributed by atoms with Gasteiger partial charge in [-0.1, -0.05) is 48.9 Å². The first kappa shape index (κ1) is 18.3. The summed E-state index contributed by atoms with van der Waals surface area (Å²) in [6, 6.07) is 15.5. The van der Waals surface area contributed by atoms with E-state index in [1.807, 2.05) is 36.4 Å². The number of anilines is 1. The van der Waals surface area contributed by atoms with E-state index in [9.17, 15) is 4.79 Å². The van der Waals surface area contributed by atoms with Crippen LogP contribution in [0.25, 0.3) is 11.0 Å². The van der Waals surface area contributed by atoms with E-state index in [4.69, 9.17) is 16.0 Å². The van der Waals surface area contributed by atoms with Crippen molar-refractivity contribution in [3.63, 3.8) is 0 Å². The van der Waals surface area contributed by atoms with Crippen molar-refractivity contribution >= 4 is 34.3 Å². The summed E-state index contributed by atoms with van der Waals surface area (Å²) >= 11 is 6.23. The first-order chi connectivity index (χ1) is 13.6. The molecule has 0 bridgehead atoms. The molecule has 0 fully saturated rings. The zero-order valence-corrected chi connectivity index (χ0v) is 16.2. The lowest BCUT2D eigenvalue weighted by molar-refractivity contribution is -0.115. The molecule has 2 aromatic heterocycles. The third-order valence-electron chi connectivity index (χ3n) is 4.74. The van der Waals surface area contributed by atoms with Crippen LogP contribution < -0.4 is 5.32 Å². The summed E-state index contributed by atoms with van der Waals surface area (Å²) in [5, 5.41) is 8.87. The van der Waals surface area contributed by atoms with Crippen molar-refractivity contribution < 1.29 is 9.21 Å². The number of aryl methyl sites for hydroxylation is 1. The average molecular weight is 394 g/mol. The number of hydrogen-bond donors (Lipinski definition) is 1. The third-order valence-corrected chi connectivity index (χ3v) is 5.11. The number of fused-ring (bicyclic) bond motifs is 1. The van der Waals surface area contributed by atoms with Gasteiger partial charge in [0.15, 0.2) is 0 Å². The maximum Gasteiger partial charge on any atom is 0.230 e. The van der Waals surface area contributed by atoms with Crippen molar-refractivity contribution in [1.29, 1.82) is 0 Å². The molecule has 0 spiro atoms. The molecule has 6 heteroatoms. The first-order valence-corrected chi connectivity index (χ1v) is 9.56. The van der Waals surface area contributed by atoms with Crippen LogP contribution in [0.2, 0.25) is 5.02 Å². The monoisotopic (exact) mass is 393 g/mol. The lowest BCUT2D eigenvalue weighted by Crippen LogP contribution is -2.18. The molecule has 0 saturated heterocycles. The predicted molar refractivity (Wildman–Crippen MR) is 111 cm³/mol. The molecule has 0 aliphatic carbocycles. The van der Waals surface area contributed by atoms with Crippen molar-refractivity contribution in [2.24, 2.45) is 0 Å². The van der Waals surface area contributed by atoms with E-state index >= 15 is 0 Å². The van der Waals surface area contributed by atoms with E-state index in [-0.39, 0.29) is 12.3 Å². The van der Waals surface area contributed by atoms with Gasteiger partial charge in [0.1, 0.15) is 11.4 Å². The molecule has 4 aromatic rings. The summed E-state index contributed by atoms with van der Waals surface area (Å²) in [7, 11) is 0. The number of benzene rings is 2. The SMILES string of the molecule is CCc1ccc2c(CC(=O)Nc3ccnn3Cc3ccccc3Cl)coc2c1. The molecule has 0 unspecified atom stereocenters. The van der Waals surface area contributed by atoms with Gasteiger partial charge in [0, 0.05) is 22.0 Å². The summed E-state index contributed by atoms with van der Waals surface area (Å²) in [4.78, 5) is 12.6. The first-order valence-electron chi connectivity index (χ1n) is 9.18. The number of nitrogens with one attached hydrogen (secondary N) is 1. The van der Waals surface area contributed by atoms with Gasteiger partial charge in [0.25, 0.3) is 0 Å². The zero-order valence-electron chi connectivity index (χ0n) is 15.5. The Labute approximate surface area is 167 Å². The van der Waals surface area contributed by atoms with Crippen LogP contribution in [0.1, 0.15) is 23.6 Å². The van der Waals surface area contributed by atoms with Crippen molar-refractivity contribution in [1.82, 2.24) is 9.78 Å². The lowest BCUT2D eigenvalue weighted by Gasteiger charge is -2.10. The predicted octanol–water partition coefficient (Wildman–Crippen LogP) is 5.07. The zero-order chi connectivity index (χ0) is 19.5. The second kappa shape index (κ2) is 7.90. The van der Waals surface area contributed by atoms with Crippen LogP contribution in [0.5, 0.6) is 0 Å². The van der Waals surface area contributed by atoms with Crippen LogP contribution in [-0.2, 0) is 24.2 Å². The maximum absolute atomic E-state index is 12.6. The topological polar surface area (TPSA) is 60.1 Å². The van der Waals surface area contributed by atoms with Crippen LogP contribution in [0.15, 0.2) is 65.4 Å². The summed E-state index contributed by atoms with van der Waals surface area (Å²) in [5.41, 5.74) is 3.83. The summed E-state index contributed by atoms with van der Waals surface area (Å²) in [5.74, 6) is 0.508. The Balaban J connectivity index is 1.48. The van der Waals surface area contributed by atoms with Gasteiger partial charge in [-0.3, -0.25) is 4.79 Å². The van der Waals surface area contributed by atoms with Crippen LogP contribution in [0, 0.1) is 0 Å². The van der Waals surface area contributed by atoms with Crippen molar-refractivity contribution in [3.05, 3.63) is 82.7 Å². The Bertz CT molecular complexity index is 1130. The van der Waals surface area contributed by atoms with E-state index in [1.54, 1.807) is 23.2 Å². The third kappa shape index (κ3) is 3.80. The number of hydrogen-bond acceptors (Lipinski definition) is 3. The van der Waals surface area contributed by atoms with E-state index in [1.165, 1.54) is 5.56 Å². The number of rotatable bonds is 6.